The van der Waals surface area contributed by atoms with Crippen molar-refractivity contribution in [2.75, 3.05) is 19.6 Å². The Morgan fingerprint density at radius 3 is 1.10 bits per heavy atom. The van der Waals surface area contributed by atoms with Crippen LogP contribution in [-0.4, -0.2) is 58.2 Å². The Balaban J connectivity index is 3.83. The Bertz CT molecular complexity index is 403. The summed E-state index contributed by atoms with van der Waals surface area (Å²) in [6, 6.07) is 7.61. The fourth-order valence-corrected chi connectivity index (χ4v) is 33.2. The lowest BCUT2D eigenvalue weighted by molar-refractivity contribution is 0.370. The summed E-state index contributed by atoms with van der Waals surface area (Å²) in [7, 11) is -4.31. The predicted octanol–water partition coefficient (Wildman–Crippen LogP) is 7.29. The van der Waals surface area contributed by atoms with Gasteiger partial charge in [-0.25, -0.2) is 0 Å². The van der Waals surface area contributed by atoms with Gasteiger partial charge >= 0.3 is 0 Å². The summed E-state index contributed by atoms with van der Waals surface area (Å²) in [5, 5.41) is 0. The van der Waals surface area contributed by atoms with Crippen LogP contribution in [0.25, 0.3) is 0 Å². The molecule has 0 radical (unpaired) electrons. The minimum absolute atomic E-state index is 1.08. The summed E-state index contributed by atoms with van der Waals surface area (Å²) in [6.45, 7) is 23.9. The zero-order valence-corrected chi connectivity index (χ0v) is 25.4. The molecule has 1 aliphatic heterocycles. The van der Waals surface area contributed by atoms with Crippen LogP contribution in [0.3, 0.4) is 0 Å². The highest BCUT2D eigenvalue weighted by molar-refractivity contribution is 7.00. The van der Waals surface area contributed by atoms with Gasteiger partial charge in [-0.05, 0) is 69.1 Å². The first kappa shape index (κ1) is 28.6. The van der Waals surface area contributed by atoms with E-state index in [9.17, 15) is 0 Å². The predicted molar refractivity (Wildman–Crippen MR) is 145 cm³/mol. The van der Waals surface area contributed by atoms with Gasteiger partial charge < -0.3 is 12.7 Å². The fourth-order valence-electron chi connectivity index (χ4n) is 6.79. The van der Waals surface area contributed by atoms with Crippen LogP contribution in [0.4, 0.5) is 0 Å². The highest BCUT2D eigenvalue weighted by atomic mass is 28.5. The van der Waals surface area contributed by atoms with Crippen molar-refractivity contribution >= 4 is 25.9 Å². The fraction of sp³-hybridized carbons (Fsp3) is 1.00. The van der Waals surface area contributed by atoms with E-state index in [0.717, 1.165) is 0 Å². The number of nitrogens with zero attached hydrogens (tertiary/aromatic N) is 3. The average Bonchev–Trinajstić information content (AvgIpc) is 2.72. The van der Waals surface area contributed by atoms with Gasteiger partial charge in [0.05, 0.1) is 0 Å². The van der Waals surface area contributed by atoms with Crippen LogP contribution in [0.1, 0.15) is 107 Å². The molecule has 180 valence electrons. The largest absolute Gasteiger partial charge is 0.324 e. The summed E-state index contributed by atoms with van der Waals surface area (Å²) in [5.74, 6) is 0. The zero-order chi connectivity index (χ0) is 22.6. The smallest absolute Gasteiger partial charge is 0.195 e. The summed E-state index contributed by atoms with van der Waals surface area (Å²) in [5.41, 5.74) is 0. The summed E-state index contributed by atoms with van der Waals surface area (Å²) in [6.07, 6.45) is 10.9. The molecule has 0 unspecified atom stereocenters. The second-order valence-electron chi connectivity index (χ2n) is 9.77. The van der Waals surface area contributed by atoms with Crippen LogP contribution in [-0.2, 0) is 0 Å². The Morgan fingerprint density at radius 1 is 0.467 bits per heavy atom. The van der Waals surface area contributed by atoms with Crippen molar-refractivity contribution in [2.24, 2.45) is 0 Å². The van der Waals surface area contributed by atoms with Crippen LogP contribution in [0.15, 0.2) is 0 Å². The van der Waals surface area contributed by atoms with E-state index >= 15 is 0 Å². The molecule has 1 heterocycles. The van der Waals surface area contributed by atoms with Gasteiger partial charge in [-0.15, -0.1) is 0 Å². The monoisotopic (exact) mass is 471 g/mol. The lowest BCUT2D eigenvalue weighted by Gasteiger charge is -2.68. The van der Waals surface area contributed by atoms with Gasteiger partial charge in [0.2, 0.25) is 0 Å². The van der Waals surface area contributed by atoms with Crippen molar-refractivity contribution in [2.45, 2.75) is 137 Å². The van der Waals surface area contributed by atoms with Crippen molar-refractivity contribution < 1.29 is 0 Å². The molecule has 0 amide bonds. The molecule has 6 heteroatoms. The first-order valence-electron chi connectivity index (χ1n) is 13.8. The second kappa shape index (κ2) is 14.6. The van der Waals surface area contributed by atoms with Crippen LogP contribution in [0, 0.1) is 0 Å². The molecule has 0 aromatic carbocycles. The third-order valence-electron chi connectivity index (χ3n) is 7.32. The molecule has 1 aliphatic rings. The molecule has 0 bridgehead atoms. The topological polar surface area (TPSA) is 9.72 Å². The van der Waals surface area contributed by atoms with Gasteiger partial charge in [-0.2, -0.15) is 0 Å². The molecule has 30 heavy (non-hydrogen) atoms. The molecule has 0 atom stereocenters. The third-order valence-corrected chi connectivity index (χ3v) is 27.8. The maximum Gasteiger partial charge on any atom is 0.195 e. The van der Waals surface area contributed by atoms with E-state index in [4.69, 9.17) is 0 Å². The lowest BCUT2D eigenvalue weighted by Crippen LogP contribution is -2.88. The van der Waals surface area contributed by atoms with Gasteiger partial charge in [-0.3, -0.25) is 0 Å². The van der Waals surface area contributed by atoms with Crippen LogP contribution in [0.2, 0.25) is 30.2 Å². The van der Waals surface area contributed by atoms with Crippen molar-refractivity contribution in [1.29, 1.82) is 0 Å². The van der Waals surface area contributed by atoms with E-state index in [1.807, 2.05) is 0 Å². The standard InChI is InChI=1S/C24H57N3Si3/c1-9-17-25-28(20-12-4)26(18-10-2)30(23-15-7,24-16-8)27(19-11-3)29(25,21-13-5)22-14-6/h28H,9-24H2,1-8H3. The van der Waals surface area contributed by atoms with Crippen molar-refractivity contribution in [3.8, 4) is 0 Å². The molecule has 0 saturated carbocycles. The average molecular weight is 472 g/mol. The first-order valence-corrected chi connectivity index (χ1v) is 20.3. The van der Waals surface area contributed by atoms with Crippen molar-refractivity contribution in [3.63, 3.8) is 0 Å². The first-order chi connectivity index (χ1) is 14.5. The molecule has 1 saturated heterocycles. The van der Waals surface area contributed by atoms with E-state index in [0.29, 0.717) is 0 Å². The van der Waals surface area contributed by atoms with Gasteiger partial charge in [-0.1, -0.05) is 87.5 Å². The molecular formula is C24H57N3Si3. The van der Waals surface area contributed by atoms with Crippen molar-refractivity contribution in [1.82, 2.24) is 12.7 Å². The number of hydrogen-bond donors (Lipinski definition) is 0. The van der Waals surface area contributed by atoms with Crippen LogP contribution < -0.4 is 0 Å². The maximum absolute atomic E-state index is 3.39. The summed E-state index contributed by atoms with van der Waals surface area (Å²) in [4.78, 5) is 0. The number of rotatable bonds is 16. The Morgan fingerprint density at radius 2 is 0.833 bits per heavy atom. The molecule has 0 aromatic heterocycles. The molecule has 1 rings (SSSR count). The maximum atomic E-state index is 3.39. The Hall–Kier alpha value is 0.531. The minimum Gasteiger partial charge on any atom is -0.324 e. The summed E-state index contributed by atoms with van der Waals surface area (Å²) < 4.78 is 10.0. The lowest BCUT2D eigenvalue weighted by atomic mass is 10.5. The van der Waals surface area contributed by atoms with E-state index in [2.05, 4.69) is 68.1 Å². The normalized spacial score (nSPS) is 20.8. The molecule has 0 spiro atoms. The van der Waals surface area contributed by atoms with E-state index in [1.165, 1.54) is 101 Å². The molecule has 0 aromatic rings. The SMILES string of the molecule is CCCN1[SiH](CCC)N(CCC)[Si](CCC)(CCC)N(CCC)[Si]1(CCC)CCC. The van der Waals surface area contributed by atoms with E-state index < -0.39 is 25.9 Å². The van der Waals surface area contributed by atoms with Crippen LogP contribution in [0.5, 0.6) is 0 Å². The quantitative estimate of drug-likeness (QED) is 0.219. The minimum atomic E-state index is -1.62. The van der Waals surface area contributed by atoms with Gasteiger partial charge in [0.15, 0.2) is 25.9 Å². The van der Waals surface area contributed by atoms with E-state index in [1.54, 1.807) is 0 Å². The van der Waals surface area contributed by atoms with E-state index in [-0.39, 0.29) is 0 Å². The van der Waals surface area contributed by atoms with Gasteiger partial charge in [0.1, 0.15) is 0 Å². The molecule has 1 fully saturated rings. The highest BCUT2D eigenvalue weighted by Gasteiger charge is 2.62. The number of hydrogen-bond acceptors (Lipinski definition) is 3. The van der Waals surface area contributed by atoms with Crippen molar-refractivity contribution in [3.05, 3.63) is 0 Å². The molecule has 0 N–H and O–H groups in total. The second-order valence-corrected chi connectivity index (χ2v) is 22.2. The third kappa shape index (κ3) is 5.90. The van der Waals surface area contributed by atoms with Gasteiger partial charge in [0, 0.05) is 0 Å². The zero-order valence-electron chi connectivity index (χ0n) is 22.2. The Labute approximate surface area is 195 Å². The summed E-state index contributed by atoms with van der Waals surface area (Å²) >= 11 is 0. The van der Waals surface area contributed by atoms with Crippen LogP contribution >= 0.6 is 0 Å². The molecule has 0 aliphatic carbocycles. The highest BCUT2D eigenvalue weighted by Crippen LogP contribution is 2.45. The molecular weight excluding hydrogens is 415 g/mol. The molecule has 3 nitrogen and oxygen atoms in total. The Kier molecular flexibility index (Phi) is 13.9. The van der Waals surface area contributed by atoms with Gasteiger partial charge in [0.25, 0.3) is 0 Å².